The van der Waals surface area contributed by atoms with Crippen molar-refractivity contribution in [2.24, 2.45) is 5.10 Å². The summed E-state index contributed by atoms with van der Waals surface area (Å²) in [5.41, 5.74) is 6.31. The third kappa shape index (κ3) is 5.87. The summed E-state index contributed by atoms with van der Waals surface area (Å²) < 4.78 is 1.98. The van der Waals surface area contributed by atoms with E-state index < -0.39 is 0 Å². The molecule has 0 atom stereocenters. The predicted molar refractivity (Wildman–Crippen MR) is 150 cm³/mol. The van der Waals surface area contributed by atoms with Crippen LogP contribution >= 0.6 is 11.8 Å². The fraction of sp³-hybridized carbons (Fsp3) is 0.103. The average Bonchev–Trinajstić information content (AvgIpc) is 3.37. The summed E-state index contributed by atoms with van der Waals surface area (Å²) in [7, 11) is 0. The molecular weight excluding hydrogens is 480 g/mol. The summed E-state index contributed by atoms with van der Waals surface area (Å²) in [6.07, 6.45) is 0. The molecule has 1 amide bonds. The van der Waals surface area contributed by atoms with Crippen molar-refractivity contribution in [3.8, 4) is 5.69 Å². The number of hydrogen-bond acceptors (Lipinski definition) is 6. The van der Waals surface area contributed by atoms with E-state index in [1.807, 2.05) is 90.4 Å². The summed E-state index contributed by atoms with van der Waals surface area (Å²) in [4.78, 5) is 12.5. The van der Waals surface area contributed by atoms with Gasteiger partial charge in [0.15, 0.2) is 11.0 Å². The second-order valence-corrected chi connectivity index (χ2v) is 9.28. The number of amides is 1. The minimum absolute atomic E-state index is 0.160. The maximum atomic E-state index is 12.5. The number of carbonyl (C=O) groups excluding carboxylic acids is 1. The zero-order valence-corrected chi connectivity index (χ0v) is 21.2. The van der Waals surface area contributed by atoms with Crippen molar-refractivity contribution in [1.82, 2.24) is 20.2 Å². The molecular formula is C29H26N6OS. The average molecular weight is 507 g/mol. The number of hydrazone groups is 1. The Bertz CT molecular complexity index is 1530. The Morgan fingerprint density at radius 3 is 2.38 bits per heavy atom. The highest BCUT2D eigenvalue weighted by Crippen LogP contribution is 2.25. The van der Waals surface area contributed by atoms with E-state index in [4.69, 9.17) is 0 Å². The van der Waals surface area contributed by atoms with E-state index in [9.17, 15) is 4.79 Å². The Morgan fingerprint density at radius 2 is 1.57 bits per heavy atom. The van der Waals surface area contributed by atoms with Crippen molar-refractivity contribution in [3.05, 3.63) is 115 Å². The molecule has 0 fully saturated rings. The summed E-state index contributed by atoms with van der Waals surface area (Å²) in [5.74, 6) is 0.700. The topological polar surface area (TPSA) is 84.2 Å². The lowest BCUT2D eigenvalue weighted by atomic mass is 10.1. The number of fused-ring (bicyclic) bond motifs is 1. The number of nitrogens with one attached hydrogen (secondary N) is 2. The number of carbonyl (C=O) groups is 1. The van der Waals surface area contributed by atoms with Gasteiger partial charge in [0.1, 0.15) is 0 Å². The molecule has 0 unspecified atom stereocenters. The molecule has 5 aromatic rings. The smallest absolute Gasteiger partial charge is 0.250 e. The highest BCUT2D eigenvalue weighted by Gasteiger charge is 2.16. The fourth-order valence-corrected chi connectivity index (χ4v) is 4.71. The molecule has 8 heteroatoms. The van der Waals surface area contributed by atoms with Crippen LogP contribution in [0.1, 0.15) is 18.3 Å². The van der Waals surface area contributed by atoms with Crippen LogP contribution in [-0.4, -0.2) is 32.1 Å². The summed E-state index contributed by atoms with van der Waals surface area (Å²) >= 11 is 1.32. The minimum Gasteiger partial charge on any atom is -0.377 e. The van der Waals surface area contributed by atoms with E-state index in [1.54, 1.807) is 0 Å². The molecule has 0 saturated heterocycles. The maximum Gasteiger partial charge on any atom is 0.250 e. The van der Waals surface area contributed by atoms with Gasteiger partial charge in [-0.15, -0.1) is 10.2 Å². The lowest BCUT2D eigenvalue weighted by molar-refractivity contribution is -0.118. The molecule has 1 aromatic heterocycles. The van der Waals surface area contributed by atoms with Crippen LogP contribution in [0.2, 0.25) is 0 Å². The van der Waals surface area contributed by atoms with Crippen LogP contribution in [0.15, 0.2) is 113 Å². The molecule has 0 spiro atoms. The first-order valence-electron chi connectivity index (χ1n) is 11.9. The van der Waals surface area contributed by atoms with Crippen molar-refractivity contribution in [3.63, 3.8) is 0 Å². The molecule has 184 valence electrons. The Morgan fingerprint density at radius 1 is 0.865 bits per heavy atom. The van der Waals surface area contributed by atoms with Gasteiger partial charge in [-0.05, 0) is 36.1 Å². The molecule has 5 rings (SSSR count). The fourth-order valence-electron chi connectivity index (χ4n) is 3.95. The molecule has 0 aliphatic carbocycles. The number of aromatic nitrogens is 3. The van der Waals surface area contributed by atoms with Gasteiger partial charge in [0.2, 0.25) is 0 Å². The molecule has 0 aliphatic heterocycles. The summed E-state index contributed by atoms with van der Waals surface area (Å²) in [6.45, 7) is 2.34. The van der Waals surface area contributed by atoms with Crippen molar-refractivity contribution < 1.29 is 4.79 Å². The zero-order chi connectivity index (χ0) is 25.5. The third-order valence-electron chi connectivity index (χ3n) is 5.81. The number of nitrogens with zero attached hydrogens (tertiary/aromatic N) is 4. The summed E-state index contributed by atoms with van der Waals surface area (Å²) in [5, 5.41) is 19.6. The van der Waals surface area contributed by atoms with Gasteiger partial charge in [-0.1, -0.05) is 96.7 Å². The SMILES string of the molecule is CC(=NNC(=O)CSc1nnc(CNc2cccc3ccccc23)n1-c1ccccc1)c1ccccc1. The number of hydrogen-bond donors (Lipinski definition) is 2. The van der Waals surface area contributed by atoms with Crippen molar-refractivity contribution >= 4 is 39.8 Å². The Labute approximate surface area is 219 Å². The quantitative estimate of drug-likeness (QED) is 0.153. The van der Waals surface area contributed by atoms with Gasteiger partial charge in [0.05, 0.1) is 18.0 Å². The van der Waals surface area contributed by atoms with Crippen LogP contribution < -0.4 is 10.7 Å². The second-order valence-electron chi connectivity index (χ2n) is 8.34. The Balaban J connectivity index is 1.31. The van der Waals surface area contributed by atoms with Crippen LogP contribution in [0.4, 0.5) is 5.69 Å². The van der Waals surface area contributed by atoms with Gasteiger partial charge in [0.25, 0.3) is 5.91 Å². The highest BCUT2D eigenvalue weighted by atomic mass is 32.2. The molecule has 0 bridgehead atoms. The number of thioether (sulfide) groups is 1. The number of benzene rings is 4. The van der Waals surface area contributed by atoms with E-state index in [0.29, 0.717) is 11.7 Å². The van der Waals surface area contributed by atoms with Gasteiger partial charge >= 0.3 is 0 Å². The molecule has 1 heterocycles. The Hall–Kier alpha value is -4.43. The molecule has 0 aliphatic rings. The van der Waals surface area contributed by atoms with Gasteiger partial charge in [-0.25, -0.2) is 5.43 Å². The molecule has 37 heavy (non-hydrogen) atoms. The Kier molecular flexibility index (Phi) is 7.57. The van der Waals surface area contributed by atoms with Gasteiger partial charge in [0, 0.05) is 16.8 Å². The molecule has 0 saturated carbocycles. The van der Waals surface area contributed by atoms with Crippen LogP contribution in [-0.2, 0) is 11.3 Å². The number of rotatable bonds is 9. The normalized spacial score (nSPS) is 11.4. The van der Waals surface area contributed by atoms with E-state index in [1.165, 1.54) is 17.1 Å². The first-order valence-corrected chi connectivity index (χ1v) is 12.9. The van der Waals surface area contributed by atoms with Gasteiger partial charge < -0.3 is 5.32 Å². The van der Waals surface area contributed by atoms with Crippen LogP contribution in [0.5, 0.6) is 0 Å². The highest BCUT2D eigenvalue weighted by molar-refractivity contribution is 7.99. The lowest BCUT2D eigenvalue weighted by Gasteiger charge is -2.12. The molecule has 0 radical (unpaired) electrons. The standard InChI is InChI=1S/C29H26N6OS/c1-21(22-11-4-2-5-12-22)31-33-28(36)20-37-29-34-32-27(35(29)24-15-6-3-7-16-24)19-30-26-18-10-14-23-13-8-9-17-25(23)26/h2-18,30H,19-20H2,1H3,(H,33,36). The van der Waals surface area contributed by atoms with E-state index >= 15 is 0 Å². The largest absolute Gasteiger partial charge is 0.377 e. The first-order chi connectivity index (χ1) is 18.2. The van der Waals surface area contributed by atoms with E-state index in [-0.39, 0.29) is 11.7 Å². The first kappa shape index (κ1) is 24.3. The van der Waals surface area contributed by atoms with Crippen molar-refractivity contribution in [1.29, 1.82) is 0 Å². The van der Waals surface area contributed by atoms with Crippen LogP contribution in [0.25, 0.3) is 16.5 Å². The van der Waals surface area contributed by atoms with Crippen molar-refractivity contribution in [2.75, 3.05) is 11.1 Å². The summed E-state index contributed by atoms with van der Waals surface area (Å²) in [6, 6.07) is 34.1. The maximum absolute atomic E-state index is 12.5. The predicted octanol–water partition coefficient (Wildman–Crippen LogP) is 5.67. The van der Waals surface area contributed by atoms with Crippen LogP contribution in [0.3, 0.4) is 0 Å². The van der Waals surface area contributed by atoms with Crippen LogP contribution in [0, 0.1) is 0 Å². The second kappa shape index (κ2) is 11.5. The minimum atomic E-state index is -0.210. The lowest BCUT2D eigenvalue weighted by Crippen LogP contribution is -2.21. The number of anilines is 1. The molecule has 2 N–H and O–H groups in total. The zero-order valence-electron chi connectivity index (χ0n) is 20.3. The third-order valence-corrected chi connectivity index (χ3v) is 6.74. The van der Waals surface area contributed by atoms with Crippen molar-refractivity contribution in [2.45, 2.75) is 18.6 Å². The molecule has 7 nitrogen and oxygen atoms in total. The van der Waals surface area contributed by atoms with Gasteiger partial charge in [-0.3, -0.25) is 9.36 Å². The monoisotopic (exact) mass is 506 g/mol. The molecule has 4 aromatic carbocycles. The van der Waals surface area contributed by atoms with E-state index in [0.717, 1.165) is 33.9 Å². The van der Waals surface area contributed by atoms with E-state index in [2.05, 4.69) is 50.3 Å². The number of para-hydroxylation sites is 1. The van der Waals surface area contributed by atoms with Gasteiger partial charge in [-0.2, -0.15) is 5.10 Å².